The number of halogens is 1. The normalized spacial score (nSPS) is 11.0. The molecule has 0 fully saturated rings. The van der Waals surface area contributed by atoms with Gasteiger partial charge in [0, 0.05) is 6.54 Å². The van der Waals surface area contributed by atoms with Crippen LogP contribution in [0.3, 0.4) is 0 Å². The van der Waals surface area contributed by atoms with E-state index in [0.717, 1.165) is 19.3 Å². The fourth-order valence-corrected chi connectivity index (χ4v) is 2.23. The third-order valence-corrected chi connectivity index (χ3v) is 3.25. The van der Waals surface area contributed by atoms with Crippen LogP contribution in [0.2, 0.25) is 0 Å². The molecule has 0 spiro atoms. The summed E-state index contributed by atoms with van der Waals surface area (Å²) in [4.78, 5) is 15.2. The molecule has 2 rings (SSSR count). The Bertz CT molecular complexity index is 675. The number of hydrogen-bond donors (Lipinski definition) is 1. The lowest BCUT2D eigenvalue weighted by molar-refractivity contribution is 0.577. The predicted octanol–water partition coefficient (Wildman–Crippen LogP) is 3.39. The lowest BCUT2D eigenvalue weighted by atomic mass is 10.2. The molecule has 1 aromatic heterocycles. The highest BCUT2D eigenvalue weighted by Crippen LogP contribution is 2.09. The second-order valence-corrected chi connectivity index (χ2v) is 4.67. The van der Waals surface area contributed by atoms with Crippen LogP contribution in [-0.2, 0) is 6.54 Å². The van der Waals surface area contributed by atoms with Crippen molar-refractivity contribution in [2.24, 2.45) is 0 Å². The maximum Gasteiger partial charge on any atom is 0.262 e. The van der Waals surface area contributed by atoms with Crippen molar-refractivity contribution in [3.8, 4) is 0 Å². The number of H-pyrrole nitrogens is 1. The second kappa shape index (κ2) is 5.44. The lowest BCUT2D eigenvalue weighted by Crippen LogP contribution is -2.22. The summed E-state index contributed by atoms with van der Waals surface area (Å²) in [6.07, 6.45) is 3.02. The molecule has 1 N–H and O–H groups in total. The summed E-state index contributed by atoms with van der Waals surface area (Å²) in [6, 6.07) is 4.10. The van der Waals surface area contributed by atoms with Gasteiger partial charge in [0.2, 0.25) is 0 Å². The number of fused-ring (bicyclic) bond motifs is 1. The Morgan fingerprint density at radius 3 is 2.89 bits per heavy atom. The van der Waals surface area contributed by atoms with Gasteiger partial charge in [-0.3, -0.25) is 9.36 Å². The van der Waals surface area contributed by atoms with Crippen LogP contribution in [-0.4, -0.2) is 9.55 Å². The van der Waals surface area contributed by atoms with E-state index in [1.54, 1.807) is 0 Å². The summed E-state index contributed by atoms with van der Waals surface area (Å²) < 4.78 is 15.1. The van der Waals surface area contributed by atoms with Crippen LogP contribution in [0.5, 0.6) is 0 Å². The minimum atomic E-state index is -0.412. The topological polar surface area (TPSA) is 37.8 Å². The number of nitrogens with zero attached hydrogens (tertiary/aromatic N) is 1. The molecule has 0 unspecified atom stereocenters. The first kappa shape index (κ1) is 13.0. The molecule has 2 aromatic rings. The number of aromatic amines is 1. The van der Waals surface area contributed by atoms with E-state index in [2.05, 4.69) is 11.9 Å². The summed E-state index contributed by atoms with van der Waals surface area (Å²) in [5.41, 5.74) is 0.363. The van der Waals surface area contributed by atoms with Crippen molar-refractivity contribution in [2.75, 3.05) is 0 Å². The highest BCUT2D eigenvalue weighted by Gasteiger charge is 2.06. The zero-order valence-corrected chi connectivity index (χ0v) is 11.0. The zero-order chi connectivity index (χ0) is 13.1. The Hall–Kier alpha value is -1.49. The minimum Gasteiger partial charge on any atom is -0.332 e. The first-order valence-electron chi connectivity index (χ1n) is 6.06. The molecular formula is C13H15FN2OS. The SMILES string of the molecule is CCCCCn1c(=S)[nH]c2ccc(F)cc2c1=O. The van der Waals surface area contributed by atoms with Crippen LogP contribution >= 0.6 is 12.2 Å². The summed E-state index contributed by atoms with van der Waals surface area (Å²) in [5, 5.41) is 0.347. The molecule has 1 heterocycles. The standard InChI is InChI=1S/C13H15FN2OS/c1-2-3-4-7-16-12(17)10-8-9(14)5-6-11(10)15-13(16)18/h5-6,8H,2-4,7H2,1H3,(H,15,18). The van der Waals surface area contributed by atoms with E-state index < -0.39 is 5.82 Å². The van der Waals surface area contributed by atoms with E-state index in [4.69, 9.17) is 12.2 Å². The molecule has 0 aliphatic carbocycles. The molecule has 0 radical (unpaired) electrons. The van der Waals surface area contributed by atoms with Gasteiger partial charge >= 0.3 is 0 Å². The maximum atomic E-state index is 13.2. The van der Waals surface area contributed by atoms with Gasteiger partial charge in [-0.1, -0.05) is 19.8 Å². The van der Waals surface area contributed by atoms with Crippen LogP contribution in [0.4, 0.5) is 4.39 Å². The molecule has 18 heavy (non-hydrogen) atoms. The molecule has 5 heteroatoms. The van der Waals surface area contributed by atoms with Gasteiger partial charge in [0.05, 0.1) is 10.9 Å². The Morgan fingerprint density at radius 1 is 1.39 bits per heavy atom. The zero-order valence-electron chi connectivity index (χ0n) is 10.2. The fourth-order valence-electron chi connectivity index (χ4n) is 1.95. The monoisotopic (exact) mass is 266 g/mol. The van der Waals surface area contributed by atoms with Crippen molar-refractivity contribution in [1.82, 2.24) is 9.55 Å². The molecule has 1 aromatic carbocycles. The van der Waals surface area contributed by atoms with Gasteiger partial charge in [-0.05, 0) is 36.8 Å². The second-order valence-electron chi connectivity index (χ2n) is 4.28. The highest BCUT2D eigenvalue weighted by molar-refractivity contribution is 7.71. The Morgan fingerprint density at radius 2 is 2.17 bits per heavy atom. The van der Waals surface area contributed by atoms with E-state index in [1.165, 1.54) is 22.8 Å². The summed E-state index contributed by atoms with van der Waals surface area (Å²) in [5.74, 6) is -0.412. The van der Waals surface area contributed by atoms with Gasteiger partial charge < -0.3 is 4.98 Å². The summed E-state index contributed by atoms with van der Waals surface area (Å²) >= 11 is 5.16. The minimum absolute atomic E-state index is 0.218. The first-order valence-corrected chi connectivity index (χ1v) is 6.46. The molecule has 0 aliphatic rings. The molecule has 0 saturated carbocycles. The third-order valence-electron chi connectivity index (χ3n) is 2.93. The van der Waals surface area contributed by atoms with E-state index >= 15 is 0 Å². The van der Waals surface area contributed by atoms with Gasteiger partial charge in [-0.25, -0.2) is 4.39 Å². The maximum absolute atomic E-state index is 13.2. The average Bonchev–Trinajstić information content (AvgIpc) is 2.35. The number of rotatable bonds is 4. The van der Waals surface area contributed by atoms with Gasteiger partial charge in [0.15, 0.2) is 4.77 Å². The van der Waals surface area contributed by atoms with E-state index in [-0.39, 0.29) is 5.56 Å². The predicted molar refractivity (Wildman–Crippen MR) is 72.9 cm³/mol. The first-order chi connectivity index (χ1) is 8.63. The quantitative estimate of drug-likeness (QED) is 0.680. The van der Waals surface area contributed by atoms with Crippen LogP contribution in [0, 0.1) is 10.6 Å². The third kappa shape index (κ3) is 2.51. The number of hydrogen-bond acceptors (Lipinski definition) is 2. The van der Waals surface area contributed by atoms with Crippen molar-refractivity contribution >= 4 is 23.1 Å². The largest absolute Gasteiger partial charge is 0.332 e. The summed E-state index contributed by atoms with van der Waals surface area (Å²) in [6.45, 7) is 2.67. The molecule has 3 nitrogen and oxygen atoms in total. The molecule has 0 saturated heterocycles. The number of nitrogens with one attached hydrogen (secondary N) is 1. The van der Waals surface area contributed by atoms with Crippen LogP contribution in [0.25, 0.3) is 10.9 Å². The molecular weight excluding hydrogens is 251 g/mol. The smallest absolute Gasteiger partial charge is 0.262 e. The van der Waals surface area contributed by atoms with Crippen LogP contribution in [0.1, 0.15) is 26.2 Å². The van der Waals surface area contributed by atoms with Crippen LogP contribution < -0.4 is 5.56 Å². The van der Waals surface area contributed by atoms with Crippen LogP contribution in [0.15, 0.2) is 23.0 Å². The van der Waals surface area contributed by atoms with E-state index in [1.807, 2.05) is 0 Å². The Kier molecular flexibility index (Phi) is 3.91. The van der Waals surface area contributed by atoms with Gasteiger partial charge in [-0.2, -0.15) is 0 Å². The fraction of sp³-hybridized carbons (Fsp3) is 0.385. The number of benzene rings is 1. The number of aromatic nitrogens is 2. The average molecular weight is 266 g/mol. The lowest BCUT2D eigenvalue weighted by Gasteiger charge is -2.07. The van der Waals surface area contributed by atoms with E-state index in [0.29, 0.717) is 22.2 Å². The van der Waals surface area contributed by atoms with Gasteiger partial charge in [-0.15, -0.1) is 0 Å². The van der Waals surface area contributed by atoms with Crippen molar-refractivity contribution in [1.29, 1.82) is 0 Å². The van der Waals surface area contributed by atoms with Gasteiger partial charge in [0.25, 0.3) is 5.56 Å². The molecule has 0 aliphatic heterocycles. The highest BCUT2D eigenvalue weighted by atomic mass is 32.1. The van der Waals surface area contributed by atoms with Gasteiger partial charge in [0.1, 0.15) is 5.82 Å². The van der Waals surface area contributed by atoms with Crippen molar-refractivity contribution < 1.29 is 4.39 Å². The Labute approximate surface area is 109 Å². The van der Waals surface area contributed by atoms with Crippen molar-refractivity contribution in [2.45, 2.75) is 32.7 Å². The number of unbranched alkanes of at least 4 members (excludes halogenated alkanes) is 2. The van der Waals surface area contributed by atoms with E-state index in [9.17, 15) is 9.18 Å². The molecule has 0 bridgehead atoms. The Balaban J connectivity index is 2.53. The van der Waals surface area contributed by atoms with Crippen molar-refractivity contribution in [3.05, 3.63) is 39.1 Å². The summed E-state index contributed by atoms with van der Waals surface area (Å²) in [7, 11) is 0. The molecule has 96 valence electrons. The van der Waals surface area contributed by atoms with Crippen molar-refractivity contribution in [3.63, 3.8) is 0 Å². The molecule has 0 amide bonds. The molecule has 0 atom stereocenters.